The van der Waals surface area contributed by atoms with Crippen molar-refractivity contribution >= 4 is 17.9 Å². The molecule has 1 aromatic carbocycles. The highest BCUT2D eigenvalue weighted by atomic mass is 16.4. The molecule has 17 heavy (non-hydrogen) atoms. The first kappa shape index (κ1) is 12.3. The second-order valence-electron chi connectivity index (χ2n) is 2.96. The largest absolute Gasteiger partial charge is 0.507 e. The van der Waals surface area contributed by atoms with Crippen LogP contribution < -0.4 is 0 Å². The zero-order chi connectivity index (χ0) is 13.3. The highest BCUT2D eigenvalue weighted by Gasteiger charge is 2.30. The van der Waals surface area contributed by atoms with Gasteiger partial charge >= 0.3 is 17.9 Å². The maximum absolute atomic E-state index is 10.8. The highest BCUT2D eigenvalue weighted by Crippen LogP contribution is 2.32. The average molecular weight is 242 g/mol. The van der Waals surface area contributed by atoms with Gasteiger partial charge in [0.2, 0.25) is 0 Å². The lowest BCUT2D eigenvalue weighted by Gasteiger charge is -2.09. The molecular formula is C9H6O8. The Morgan fingerprint density at radius 1 is 0.706 bits per heavy atom. The topological polar surface area (TPSA) is 152 Å². The van der Waals surface area contributed by atoms with E-state index < -0.39 is 46.1 Å². The number of hydrogen-bond acceptors (Lipinski definition) is 5. The van der Waals surface area contributed by atoms with Crippen LogP contribution in [0.2, 0.25) is 0 Å². The maximum Gasteiger partial charge on any atom is 0.340 e. The number of aromatic carboxylic acids is 3. The Kier molecular flexibility index (Phi) is 2.90. The van der Waals surface area contributed by atoms with Gasteiger partial charge in [0.1, 0.15) is 22.6 Å². The highest BCUT2D eigenvalue weighted by molar-refractivity contribution is 6.11. The second-order valence-corrected chi connectivity index (χ2v) is 2.96. The van der Waals surface area contributed by atoms with Gasteiger partial charge in [-0.05, 0) is 0 Å². The molecule has 0 radical (unpaired) electrons. The van der Waals surface area contributed by atoms with Gasteiger partial charge in [-0.1, -0.05) is 0 Å². The molecule has 0 aliphatic carbocycles. The molecule has 0 unspecified atom stereocenters. The Morgan fingerprint density at radius 2 is 1.00 bits per heavy atom. The lowest BCUT2D eigenvalue weighted by atomic mass is 9.99. The van der Waals surface area contributed by atoms with Crippen LogP contribution in [0, 0.1) is 0 Å². The van der Waals surface area contributed by atoms with Crippen LogP contribution in [0.1, 0.15) is 31.1 Å². The number of phenols is 2. The predicted molar refractivity (Wildman–Crippen MR) is 50.6 cm³/mol. The molecule has 8 nitrogen and oxygen atoms in total. The van der Waals surface area contributed by atoms with Gasteiger partial charge in [-0.25, -0.2) is 14.4 Å². The van der Waals surface area contributed by atoms with Gasteiger partial charge in [0.15, 0.2) is 0 Å². The van der Waals surface area contributed by atoms with Crippen molar-refractivity contribution in [1.82, 2.24) is 0 Å². The van der Waals surface area contributed by atoms with E-state index in [1.807, 2.05) is 0 Å². The maximum atomic E-state index is 10.8. The summed E-state index contributed by atoms with van der Waals surface area (Å²) in [6, 6.07) is 0.458. The summed E-state index contributed by atoms with van der Waals surface area (Å²) >= 11 is 0. The monoisotopic (exact) mass is 242 g/mol. The number of hydrogen-bond donors (Lipinski definition) is 5. The molecule has 8 heteroatoms. The smallest absolute Gasteiger partial charge is 0.340 e. The van der Waals surface area contributed by atoms with Crippen LogP contribution in [0.25, 0.3) is 0 Å². The van der Waals surface area contributed by atoms with E-state index in [2.05, 4.69) is 0 Å². The molecule has 0 atom stereocenters. The van der Waals surface area contributed by atoms with Crippen molar-refractivity contribution in [1.29, 1.82) is 0 Å². The molecule has 0 aliphatic rings. The average Bonchev–Trinajstić information content (AvgIpc) is 2.14. The van der Waals surface area contributed by atoms with Gasteiger partial charge in [0.25, 0.3) is 0 Å². The van der Waals surface area contributed by atoms with Gasteiger partial charge in [-0.3, -0.25) is 0 Å². The van der Waals surface area contributed by atoms with Crippen molar-refractivity contribution in [2.24, 2.45) is 0 Å². The molecule has 0 saturated heterocycles. The molecule has 0 aromatic heterocycles. The van der Waals surface area contributed by atoms with E-state index in [4.69, 9.17) is 15.3 Å². The van der Waals surface area contributed by atoms with E-state index in [1.165, 1.54) is 0 Å². The van der Waals surface area contributed by atoms with Crippen LogP contribution in [-0.2, 0) is 0 Å². The summed E-state index contributed by atoms with van der Waals surface area (Å²) in [6.45, 7) is 0. The molecule has 0 heterocycles. The van der Waals surface area contributed by atoms with E-state index in [0.717, 1.165) is 0 Å². The molecule has 90 valence electrons. The van der Waals surface area contributed by atoms with E-state index in [1.54, 1.807) is 0 Å². The Bertz CT molecular complexity index is 492. The molecule has 1 aromatic rings. The summed E-state index contributed by atoms with van der Waals surface area (Å²) in [5, 5.41) is 44.5. The van der Waals surface area contributed by atoms with Gasteiger partial charge in [0.05, 0.1) is 5.56 Å². The van der Waals surface area contributed by atoms with Crippen LogP contribution in [0.4, 0.5) is 0 Å². The third-order valence-corrected chi connectivity index (χ3v) is 1.93. The van der Waals surface area contributed by atoms with Crippen LogP contribution in [0.3, 0.4) is 0 Å². The van der Waals surface area contributed by atoms with Crippen molar-refractivity contribution < 1.29 is 39.9 Å². The number of benzene rings is 1. The summed E-state index contributed by atoms with van der Waals surface area (Å²) in [5.41, 5.74) is -3.36. The fourth-order valence-electron chi connectivity index (χ4n) is 1.30. The first-order valence-corrected chi connectivity index (χ1v) is 4.06. The zero-order valence-electron chi connectivity index (χ0n) is 8.04. The Balaban J connectivity index is 3.85. The van der Waals surface area contributed by atoms with E-state index in [-0.39, 0.29) is 0 Å². The lowest BCUT2D eigenvalue weighted by molar-refractivity contribution is 0.0629. The number of carbonyl (C=O) groups is 3. The molecule has 0 bridgehead atoms. The number of aromatic hydroxyl groups is 2. The van der Waals surface area contributed by atoms with Crippen LogP contribution in [0.5, 0.6) is 11.5 Å². The molecular weight excluding hydrogens is 236 g/mol. The van der Waals surface area contributed by atoms with Crippen molar-refractivity contribution in [3.05, 3.63) is 22.8 Å². The number of rotatable bonds is 3. The molecule has 0 aliphatic heterocycles. The fraction of sp³-hybridized carbons (Fsp3) is 0. The third kappa shape index (κ3) is 1.95. The molecule has 0 amide bonds. The van der Waals surface area contributed by atoms with Gasteiger partial charge in [0, 0.05) is 6.07 Å². The number of carboxylic acids is 3. The van der Waals surface area contributed by atoms with Crippen LogP contribution >= 0.6 is 0 Å². The summed E-state index contributed by atoms with van der Waals surface area (Å²) in [6.07, 6.45) is 0. The lowest BCUT2D eigenvalue weighted by Crippen LogP contribution is -2.15. The molecule has 0 spiro atoms. The third-order valence-electron chi connectivity index (χ3n) is 1.93. The first-order chi connectivity index (χ1) is 7.77. The van der Waals surface area contributed by atoms with Crippen LogP contribution in [0.15, 0.2) is 6.07 Å². The fourth-order valence-corrected chi connectivity index (χ4v) is 1.30. The summed E-state index contributed by atoms with van der Waals surface area (Å²) in [5.74, 6) is -7.58. The summed E-state index contributed by atoms with van der Waals surface area (Å²) < 4.78 is 0. The predicted octanol–water partition coefficient (Wildman–Crippen LogP) is 0.192. The molecule has 0 fully saturated rings. The summed E-state index contributed by atoms with van der Waals surface area (Å²) in [7, 11) is 0. The Hall–Kier alpha value is -2.77. The SMILES string of the molecule is O=C(O)c1c(O)cc(O)c(C(=O)O)c1C(=O)O. The van der Waals surface area contributed by atoms with Crippen molar-refractivity contribution in [2.45, 2.75) is 0 Å². The van der Waals surface area contributed by atoms with Crippen LogP contribution in [-0.4, -0.2) is 43.4 Å². The Labute approximate surface area is 93.0 Å². The van der Waals surface area contributed by atoms with Gasteiger partial charge in [-0.2, -0.15) is 0 Å². The molecule has 5 N–H and O–H groups in total. The first-order valence-electron chi connectivity index (χ1n) is 4.06. The summed E-state index contributed by atoms with van der Waals surface area (Å²) in [4.78, 5) is 32.3. The van der Waals surface area contributed by atoms with E-state index in [0.29, 0.717) is 6.07 Å². The van der Waals surface area contributed by atoms with Gasteiger partial charge in [-0.15, -0.1) is 0 Å². The van der Waals surface area contributed by atoms with Gasteiger partial charge < -0.3 is 25.5 Å². The zero-order valence-corrected chi connectivity index (χ0v) is 8.04. The Morgan fingerprint density at radius 3 is 1.24 bits per heavy atom. The van der Waals surface area contributed by atoms with Crippen molar-refractivity contribution in [3.63, 3.8) is 0 Å². The molecule has 0 saturated carbocycles. The minimum atomic E-state index is -1.88. The quantitative estimate of drug-likeness (QED) is 0.503. The standard InChI is InChI=1S/C9H6O8/c10-2-1-3(11)5(8(14)15)6(9(16)17)4(2)7(12)13/h1,10-11H,(H,12,13)(H,14,15)(H,16,17). The second kappa shape index (κ2) is 4.00. The minimum Gasteiger partial charge on any atom is -0.507 e. The van der Waals surface area contributed by atoms with E-state index in [9.17, 15) is 24.6 Å². The molecule has 1 rings (SSSR count). The number of carboxylic acid groups (broad SMARTS) is 3. The van der Waals surface area contributed by atoms with Crippen molar-refractivity contribution in [3.8, 4) is 11.5 Å². The van der Waals surface area contributed by atoms with E-state index >= 15 is 0 Å². The normalized spacial score (nSPS) is 9.88. The van der Waals surface area contributed by atoms with Crippen molar-refractivity contribution in [2.75, 3.05) is 0 Å². The minimum absolute atomic E-state index is 0.458.